The number of hydrogen-bond acceptors (Lipinski definition) is 2. The quantitative estimate of drug-likeness (QED) is 0.679. The number of carbonyl (C=O) groups is 1. The van der Waals surface area contributed by atoms with Crippen molar-refractivity contribution in [3.05, 3.63) is 11.8 Å². The molecule has 0 amide bonds. The molecule has 62 valence electrons. The summed E-state index contributed by atoms with van der Waals surface area (Å²) < 4.78 is 5.21. The van der Waals surface area contributed by atoms with E-state index in [0.717, 1.165) is 18.2 Å². The Morgan fingerprint density at radius 3 is 3.09 bits per heavy atom. The molecule has 0 spiro atoms. The van der Waals surface area contributed by atoms with Crippen molar-refractivity contribution >= 4 is 21.7 Å². The number of carbonyl (C=O) groups excluding carboxylic acids is 1. The monoisotopic (exact) mass is 218 g/mol. The second-order valence-electron chi connectivity index (χ2n) is 2.42. The molecule has 0 aromatic heterocycles. The van der Waals surface area contributed by atoms with E-state index in [0.29, 0.717) is 18.8 Å². The first-order valence-corrected chi connectivity index (χ1v) is 4.89. The van der Waals surface area contributed by atoms with Gasteiger partial charge in [-0.3, -0.25) is 4.79 Å². The van der Waals surface area contributed by atoms with Gasteiger partial charge in [-0.05, 0) is 18.9 Å². The van der Waals surface area contributed by atoms with Gasteiger partial charge in [0, 0.05) is 11.8 Å². The summed E-state index contributed by atoms with van der Waals surface area (Å²) in [6, 6.07) is 0. The molecule has 0 saturated heterocycles. The molecule has 0 N–H and O–H groups in total. The van der Waals surface area contributed by atoms with Crippen molar-refractivity contribution in [1.82, 2.24) is 0 Å². The van der Waals surface area contributed by atoms with Gasteiger partial charge in [-0.1, -0.05) is 15.9 Å². The maximum atomic E-state index is 11.1. The zero-order valence-corrected chi connectivity index (χ0v) is 7.89. The van der Waals surface area contributed by atoms with Gasteiger partial charge < -0.3 is 4.74 Å². The smallest absolute Gasteiger partial charge is 0.197 e. The van der Waals surface area contributed by atoms with Crippen molar-refractivity contribution in [2.75, 3.05) is 11.9 Å². The van der Waals surface area contributed by atoms with E-state index in [9.17, 15) is 4.79 Å². The molecule has 0 aromatic rings. The highest BCUT2D eigenvalue weighted by atomic mass is 79.9. The summed E-state index contributed by atoms with van der Waals surface area (Å²) in [7, 11) is 0. The van der Waals surface area contributed by atoms with Crippen LogP contribution in [0.15, 0.2) is 11.8 Å². The third-order valence-electron chi connectivity index (χ3n) is 1.55. The van der Waals surface area contributed by atoms with Crippen molar-refractivity contribution < 1.29 is 9.53 Å². The maximum absolute atomic E-state index is 11.1. The average molecular weight is 219 g/mol. The Morgan fingerprint density at radius 2 is 2.45 bits per heavy atom. The van der Waals surface area contributed by atoms with Gasteiger partial charge in [-0.25, -0.2) is 0 Å². The summed E-state index contributed by atoms with van der Waals surface area (Å²) in [5.41, 5.74) is 0. The van der Waals surface area contributed by atoms with E-state index < -0.39 is 0 Å². The fourth-order valence-electron chi connectivity index (χ4n) is 1.02. The zero-order chi connectivity index (χ0) is 8.10. The molecule has 1 aliphatic carbocycles. The lowest BCUT2D eigenvalue weighted by molar-refractivity contribution is -0.119. The number of allylic oxidation sites excluding steroid dienone is 2. The molecular weight excluding hydrogens is 208 g/mol. The van der Waals surface area contributed by atoms with Crippen LogP contribution in [0.25, 0.3) is 0 Å². The molecule has 0 atom stereocenters. The Morgan fingerprint density at radius 1 is 1.64 bits per heavy atom. The highest BCUT2D eigenvalue weighted by molar-refractivity contribution is 9.09. The van der Waals surface area contributed by atoms with Crippen LogP contribution in [-0.4, -0.2) is 17.7 Å². The fourth-order valence-corrected chi connectivity index (χ4v) is 1.18. The SMILES string of the molecule is O=C1CCCC=C1OCCBr. The van der Waals surface area contributed by atoms with E-state index in [-0.39, 0.29) is 5.78 Å². The van der Waals surface area contributed by atoms with E-state index >= 15 is 0 Å². The molecule has 11 heavy (non-hydrogen) atoms. The number of alkyl halides is 1. The van der Waals surface area contributed by atoms with Crippen molar-refractivity contribution in [1.29, 1.82) is 0 Å². The third kappa shape index (κ3) is 2.66. The maximum Gasteiger partial charge on any atom is 0.197 e. The number of ketones is 1. The van der Waals surface area contributed by atoms with Crippen LogP contribution in [-0.2, 0) is 9.53 Å². The Balaban J connectivity index is 2.41. The van der Waals surface area contributed by atoms with Gasteiger partial charge in [0.1, 0.15) is 0 Å². The van der Waals surface area contributed by atoms with Gasteiger partial charge in [0.05, 0.1) is 6.61 Å². The summed E-state index contributed by atoms with van der Waals surface area (Å²) in [6.07, 6.45) is 4.48. The lowest BCUT2D eigenvalue weighted by Crippen LogP contribution is -2.11. The molecule has 0 fully saturated rings. The summed E-state index contributed by atoms with van der Waals surface area (Å²) in [4.78, 5) is 11.1. The first-order chi connectivity index (χ1) is 5.34. The number of Topliss-reactive ketones (excluding diaryl/α,β-unsaturated/α-hetero) is 1. The van der Waals surface area contributed by atoms with Gasteiger partial charge >= 0.3 is 0 Å². The molecular formula is C8H11BrO2. The van der Waals surface area contributed by atoms with E-state index in [1.807, 2.05) is 6.08 Å². The Kier molecular flexibility index (Phi) is 3.63. The van der Waals surface area contributed by atoms with Crippen LogP contribution in [0, 0.1) is 0 Å². The summed E-state index contributed by atoms with van der Waals surface area (Å²) in [5, 5.41) is 0.775. The minimum Gasteiger partial charge on any atom is -0.489 e. The normalized spacial score (nSPS) is 17.9. The lowest BCUT2D eigenvalue weighted by Gasteiger charge is -2.11. The first kappa shape index (κ1) is 8.78. The lowest BCUT2D eigenvalue weighted by atomic mass is 10.1. The average Bonchev–Trinajstić information content (AvgIpc) is 2.03. The number of ether oxygens (including phenoxy) is 1. The molecule has 0 aromatic carbocycles. The predicted molar refractivity (Wildman–Crippen MR) is 46.7 cm³/mol. The van der Waals surface area contributed by atoms with Crippen molar-refractivity contribution in [2.24, 2.45) is 0 Å². The Bertz CT molecular complexity index is 175. The fraction of sp³-hybridized carbons (Fsp3) is 0.625. The summed E-state index contributed by atoms with van der Waals surface area (Å²) in [5.74, 6) is 0.716. The molecule has 0 aliphatic heterocycles. The highest BCUT2D eigenvalue weighted by Gasteiger charge is 2.13. The molecule has 0 bridgehead atoms. The molecule has 2 nitrogen and oxygen atoms in total. The first-order valence-electron chi connectivity index (χ1n) is 3.76. The Hall–Kier alpha value is -0.310. The summed E-state index contributed by atoms with van der Waals surface area (Å²) in [6.45, 7) is 0.581. The minimum absolute atomic E-state index is 0.150. The van der Waals surface area contributed by atoms with Crippen LogP contribution in [0.4, 0.5) is 0 Å². The van der Waals surface area contributed by atoms with Crippen LogP contribution >= 0.6 is 15.9 Å². The highest BCUT2D eigenvalue weighted by Crippen LogP contribution is 2.14. The van der Waals surface area contributed by atoms with Gasteiger partial charge in [-0.2, -0.15) is 0 Å². The molecule has 0 radical (unpaired) electrons. The van der Waals surface area contributed by atoms with Gasteiger partial charge in [0.15, 0.2) is 11.5 Å². The van der Waals surface area contributed by atoms with Crippen LogP contribution in [0.5, 0.6) is 0 Å². The minimum atomic E-state index is 0.150. The molecule has 1 rings (SSSR count). The molecule has 3 heteroatoms. The summed E-state index contributed by atoms with van der Waals surface area (Å²) >= 11 is 3.23. The molecule has 1 aliphatic rings. The van der Waals surface area contributed by atoms with Gasteiger partial charge in [-0.15, -0.1) is 0 Å². The predicted octanol–water partition coefficient (Wildman–Crippen LogP) is 2.03. The Labute approximate surface area is 74.7 Å². The second kappa shape index (κ2) is 4.54. The zero-order valence-electron chi connectivity index (χ0n) is 6.31. The van der Waals surface area contributed by atoms with E-state index in [1.54, 1.807) is 0 Å². The number of rotatable bonds is 3. The van der Waals surface area contributed by atoms with Crippen LogP contribution < -0.4 is 0 Å². The molecule has 0 heterocycles. The van der Waals surface area contributed by atoms with Gasteiger partial charge in [0.25, 0.3) is 0 Å². The second-order valence-corrected chi connectivity index (χ2v) is 3.21. The standard InChI is InChI=1S/C8H11BrO2/c9-5-6-11-8-4-2-1-3-7(8)10/h4H,1-3,5-6H2. The molecule has 0 unspecified atom stereocenters. The van der Waals surface area contributed by atoms with Crippen LogP contribution in [0.2, 0.25) is 0 Å². The van der Waals surface area contributed by atoms with E-state index in [1.165, 1.54) is 0 Å². The van der Waals surface area contributed by atoms with Crippen molar-refractivity contribution in [3.63, 3.8) is 0 Å². The van der Waals surface area contributed by atoms with Crippen LogP contribution in [0.3, 0.4) is 0 Å². The van der Waals surface area contributed by atoms with E-state index in [4.69, 9.17) is 4.74 Å². The topological polar surface area (TPSA) is 26.3 Å². The third-order valence-corrected chi connectivity index (χ3v) is 1.87. The number of hydrogen-bond donors (Lipinski definition) is 0. The van der Waals surface area contributed by atoms with Gasteiger partial charge in [0.2, 0.25) is 0 Å². The van der Waals surface area contributed by atoms with Crippen LogP contribution in [0.1, 0.15) is 19.3 Å². The number of halogens is 1. The largest absolute Gasteiger partial charge is 0.489 e. The molecule has 0 saturated carbocycles. The van der Waals surface area contributed by atoms with Crippen molar-refractivity contribution in [2.45, 2.75) is 19.3 Å². The van der Waals surface area contributed by atoms with E-state index in [2.05, 4.69) is 15.9 Å². The van der Waals surface area contributed by atoms with Crippen molar-refractivity contribution in [3.8, 4) is 0 Å².